The molecule has 9 heteroatoms. The van der Waals surface area contributed by atoms with Gasteiger partial charge in [-0.05, 0) is 89.6 Å². The van der Waals surface area contributed by atoms with Crippen LogP contribution in [0.4, 0.5) is 14.9 Å². The maximum Gasteiger partial charge on any atom is 0.410 e. The van der Waals surface area contributed by atoms with Gasteiger partial charge in [-0.2, -0.15) is 0 Å². The summed E-state index contributed by atoms with van der Waals surface area (Å²) in [6.07, 6.45) is 3.92. The monoisotopic (exact) mass is 554 g/mol. The number of aromatic nitrogens is 1. The maximum absolute atomic E-state index is 13.3. The van der Waals surface area contributed by atoms with Crippen LogP contribution in [0.1, 0.15) is 64.5 Å². The maximum atomic E-state index is 13.3. The Morgan fingerprint density at radius 3 is 2.42 bits per heavy atom. The first-order valence-electron chi connectivity index (χ1n) is 14.3. The minimum absolute atomic E-state index is 0.0115. The van der Waals surface area contributed by atoms with Gasteiger partial charge in [0.1, 0.15) is 17.5 Å². The molecule has 1 aliphatic heterocycles. The van der Waals surface area contributed by atoms with Crippen LogP contribution in [0.5, 0.6) is 5.88 Å². The second-order valence-electron chi connectivity index (χ2n) is 12.2. The summed E-state index contributed by atoms with van der Waals surface area (Å²) in [5, 5.41) is 0. The van der Waals surface area contributed by atoms with E-state index >= 15 is 0 Å². The number of amides is 2. The van der Waals surface area contributed by atoms with Crippen LogP contribution in [-0.4, -0.2) is 71.2 Å². The smallest absolute Gasteiger partial charge is 0.410 e. The Kier molecular flexibility index (Phi) is 9.33. The fourth-order valence-corrected chi connectivity index (χ4v) is 5.51. The average molecular weight is 555 g/mol. The molecule has 0 unspecified atom stereocenters. The van der Waals surface area contributed by atoms with Gasteiger partial charge in [0.05, 0.1) is 6.20 Å². The highest BCUT2D eigenvalue weighted by Gasteiger charge is 2.32. The number of halogens is 1. The predicted molar refractivity (Wildman–Crippen MR) is 153 cm³/mol. The third kappa shape index (κ3) is 7.71. The number of anilines is 1. The molecule has 40 heavy (non-hydrogen) atoms. The molecule has 1 atom stereocenters. The van der Waals surface area contributed by atoms with Crippen LogP contribution < -0.4 is 9.64 Å². The zero-order valence-electron chi connectivity index (χ0n) is 24.7. The van der Waals surface area contributed by atoms with Crippen LogP contribution in [-0.2, 0) is 16.1 Å². The van der Waals surface area contributed by atoms with Crippen molar-refractivity contribution in [1.29, 1.82) is 0 Å². The fraction of sp³-hybridized carbons (Fsp3) is 0.581. The molecular formula is C31H43FN4O4. The first-order chi connectivity index (χ1) is 18.9. The van der Waals surface area contributed by atoms with Crippen molar-refractivity contribution in [3.05, 3.63) is 53.5 Å². The summed E-state index contributed by atoms with van der Waals surface area (Å²) in [6, 6.07) is 9.17. The van der Waals surface area contributed by atoms with E-state index in [-0.39, 0.29) is 35.9 Å². The van der Waals surface area contributed by atoms with E-state index in [0.717, 1.165) is 62.8 Å². The SMILES string of the molecule is Cc1cc(N(C)C(=O)C2CCC(Oc3ccc(F)cn3)CC2)ccc1CN1CCN(C(=O)OC(C)(C)C)[C@@H](C)C1. The predicted octanol–water partition coefficient (Wildman–Crippen LogP) is 5.57. The van der Waals surface area contributed by atoms with Gasteiger partial charge in [0.25, 0.3) is 0 Å². The van der Waals surface area contributed by atoms with Crippen LogP contribution in [0, 0.1) is 18.7 Å². The molecule has 1 aliphatic carbocycles. The van der Waals surface area contributed by atoms with Crippen molar-refractivity contribution in [3.8, 4) is 5.88 Å². The number of carbonyl (C=O) groups is 2. The number of nitrogens with zero attached hydrogens (tertiary/aromatic N) is 4. The number of carbonyl (C=O) groups excluding carboxylic acids is 2. The summed E-state index contributed by atoms with van der Waals surface area (Å²) in [4.78, 5) is 35.8. The number of benzene rings is 1. The molecule has 2 amide bonds. The normalized spacial score (nSPS) is 22.1. The number of aryl methyl sites for hydroxylation is 1. The Bertz CT molecular complexity index is 1170. The highest BCUT2D eigenvalue weighted by atomic mass is 19.1. The standard InChI is InChI=1S/C31H43FN4O4/c1-21-17-26(11-7-24(21)20-35-15-16-36(22(2)19-35)30(38)40-31(3,4)5)34(6)29(37)23-8-12-27(13-9-23)39-28-14-10-25(32)18-33-28/h7,10-11,14,17-18,22-23,27H,8-9,12-13,15-16,19-20H2,1-6H3/t22-,23?,27?/m0/s1. The van der Waals surface area contributed by atoms with E-state index in [9.17, 15) is 14.0 Å². The van der Waals surface area contributed by atoms with Crippen LogP contribution in [0.15, 0.2) is 36.5 Å². The molecule has 4 rings (SSSR count). The molecular weight excluding hydrogens is 511 g/mol. The number of rotatable bonds is 6. The van der Waals surface area contributed by atoms with Gasteiger partial charge in [0.2, 0.25) is 11.8 Å². The molecule has 1 saturated carbocycles. The van der Waals surface area contributed by atoms with E-state index in [0.29, 0.717) is 12.4 Å². The minimum Gasteiger partial charge on any atom is -0.474 e. The second kappa shape index (κ2) is 12.5. The molecule has 8 nitrogen and oxygen atoms in total. The Morgan fingerprint density at radius 1 is 1.10 bits per heavy atom. The lowest BCUT2D eigenvalue weighted by Crippen LogP contribution is -2.54. The number of hydrogen-bond acceptors (Lipinski definition) is 6. The summed E-state index contributed by atoms with van der Waals surface area (Å²) in [5.41, 5.74) is 2.75. The van der Waals surface area contributed by atoms with Crippen LogP contribution in [0.2, 0.25) is 0 Å². The first kappa shape index (κ1) is 29.8. The van der Waals surface area contributed by atoms with E-state index < -0.39 is 5.60 Å². The first-order valence-corrected chi connectivity index (χ1v) is 14.3. The van der Waals surface area contributed by atoms with E-state index in [4.69, 9.17) is 9.47 Å². The van der Waals surface area contributed by atoms with Gasteiger partial charge in [0.15, 0.2) is 0 Å². The largest absolute Gasteiger partial charge is 0.474 e. The molecule has 1 aromatic heterocycles. The van der Waals surface area contributed by atoms with Gasteiger partial charge >= 0.3 is 6.09 Å². The van der Waals surface area contributed by atoms with Gasteiger partial charge in [-0.1, -0.05) is 6.07 Å². The second-order valence-corrected chi connectivity index (χ2v) is 12.2. The average Bonchev–Trinajstić information content (AvgIpc) is 2.90. The Balaban J connectivity index is 1.28. The minimum atomic E-state index is -0.502. The summed E-state index contributed by atoms with van der Waals surface area (Å²) >= 11 is 0. The molecule has 1 saturated heterocycles. The van der Waals surface area contributed by atoms with Crippen LogP contribution in [0.25, 0.3) is 0 Å². The van der Waals surface area contributed by atoms with Crippen molar-refractivity contribution in [2.24, 2.45) is 5.92 Å². The van der Waals surface area contributed by atoms with Crippen LogP contribution >= 0.6 is 0 Å². The van der Waals surface area contributed by atoms with Crippen molar-refractivity contribution in [3.63, 3.8) is 0 Å². The summed E-state index contributed by atoms with van der Waals surface area (Å²) in [5.74, 6) is 0.107. The van der Waals surface area contributed by atoms with Gasteiger partial charge in [-0.3, -0.25) is 9.69 Å². The molecule has 0 spiro atoms. The third-order valence-corrected chi connectivity index (χ3v) is 7.79. The topological polar surface area (TPSA) is 75.2 Å². The van der Waals surface area contributed by atoms with Crippen molar-refractivity contribution in [2.45, 2.75) is 84.6 Å². The molecule has 2 heterocycles. The fourth-order valence-electron chi connectivity index (χ4n) is 5.51. The van der Waals surface area contributed by atoms with E-state index in [1.807, 2.05) is 38.8 Å². The zero-order chi connectivity index (χ0) is 29.0. The number of pyridine rings is 1. The lowest BCUT2D eigenvalue weighted by Gasteiger charge is -2.40. The van der Waals surface area contributed by atoms with E-state index in [2.05, 4.69) is 35.9 Å². The Hall–Kier alpha value is -3.20. The van der Waals surface area contributed by atoms with E-state index in [1.165, 1.54) is 17.7 Å². The highest BCUT2D eigenvalue weighted by molar-refractivity contribution is 5.94. The molecule has 2 aliphatic rings. The summed E-state index contributed by atoms with van der Waals surface area (Å²) in [6.45, 7) is 12.8. The Labute approximate surface area is 237 Å². The molecule has 2 aromatic rings. The number of ether oxygens (including phenoxy) is 2. The van der Waals surface area contributed by atoms with Crippen molar-refractivity contribution in [2.75, 3.05) is 31.6 Å². The molecule has 2 fully saturated rings. The van der Waals surface area contributed by atoms with Gasteiger partial charge in [0, 0.05) is 56.9 Å². The molecule has 0 bridgehead atoms. The number of hydrogen-bond donors (Lipinski definition) is 0. The van der Waals surface area contributed by atoms with E-state index in [1.54, 1.807) is 4.90 Å². The molecule has 0 N–H and O–H groups in total. The lowest BCUT2D eigenvalue weighted by atomic mass is 9.86. The molecule has 1 aromatic carbocycles. The lowest BCUT2D eigenvalue weighted by molar-refractivity contribution is -0.123. The Morgan fingerprint density at radius 2 is 1.82 bits per heavy atom. The van der Waals surface area contributed by atoms with Gasteiger partial charge < -0.3 is 19.3 Å². The number of piperazine rings is 1. The van der Waals surface area contributed by atoms with Crippen molar-refractivity contribution in [1.82, 2.24) is 14.8 Å². The molecule has 0 radical (unpaired) electrons. The van der Waals surface area contributed by atoms with Crippen LogP contribution in [0.3, 0.4) is 0 Å². The highest BCUT2D eigenvalue weighted by Crippen LogP contribution is 2.30. The molecule has 218 valence electrons. The summed E-state index contributed by atoms with van der Waals surface area (Å²) < 4.78 is 24.5. The van der Waals surface area contributed by atoms with Gasteiger partial charge in [-0.15, -0.1) is 0 Å². The zero-order valence-corrected chi connectivity index (χ0v) is 24.7. The quantitative estimate of drug-likeness (QED) is 0.465. The third-order valence-electron chi connectivity index (χ3n) is 7.79. The van der Waals surface area contributed by atoms with Gasteiger partial charge in [-0.25, -0.2) is 14.2 Å². The summed E-state index contributed by atoms with van der Waals surface area (Å²) in [7, 11) is 1.85. The van der Waals surface area contributed by atoms with Crippen molar-refractivity contribution >= 4 is 17.7 Å². The van der Waals surface area contributed by atoms with Crippen molar-refractivity contribution < 1.29 is 23.5 Å².